The normalized spacial score (nSPS) is 18.7. The average Bonchev–Trinajstić information content (AvgIpc) is 3.55. The Balaban J connectivity index is 1.22. The van der Waals surface area contributed by atoms with Gasteiger partial charge >= 0.3 is 0 Å². The summed E-state index contributed by atoms with van der Waals surface area (Å²) in [5.41, 5.74) is 5.92. The zero-order valence-corrected chi connectivity index (χ0v) is 26.2. The van der Waals surface area contributed by atoms with E-state index in [1.807, 2.05) is 23.6 Å². The molecule has 0 bridgehead atoms. The molecule has 0 saturated carbocycles. The first kappa shape index (κ1) is 33.0. The number of nitrogens with two attached hydrogens (primary N) is 1. The number of nitrogens with zero attached hydrogens (tertiary/aromatic N) is 9. The summed E-state index contributed by atoms with van der Waals surface area (Å²) < 4.78 is 33.3. The highest BCUT2D eigenvalue weighted by molar-refractivity contribution is 5.90. The summed E-state index contributed by atoms with van der Waals surface area (Å²) in [5, 5.41) is 0. The molecular formula is C30H40F2N10O4. The van der Waals surface area contributed by atoms with Crippen molar-refractivity contribution in [2.24, 2.45) is 5.92 Å². The number of carbonyl (C=O) groups excluding carboxylic acids is 3. The second-order valence-corrected chi connectivity index (χ2v) is 11.9. The van der Waals surface area contributed by atoms with Crippen molar-refractivity contribution >= 4 is 35.4 Å². The molecule has 0 aromatic carbocycles. The van der Waals surface area contributed by atoms with Crippen molar-refractivity contribution in [1.29, 1.82) is 0 Å². The largest absolute Gasteiger partial charge is 0.378 e. The molecule has 248 valence electrons. The monoisotopic (exact) mass is 642 g/mol. The summed E-state index contributed by atoms with van der Waals surface area (Å²) in [6, 6.07) is 0. The van der Waals surface area contributed by atoms with E-state index in [0.29, 0.717) is 96.7 Å². The lowest BCUT2D eigenvalue weighted by Gasteiger charge is -2.36. The van der Waals surface area contributed by atoms with E-state index in [9.17, 15) is 23.2 Å². The van der Waals surface area contributed by atoms with Crippen LogP contribution in [-0.2, 0) is 19.1 Å². The molecule has 2 N–H and O–H groups in total. The van der Waals surface area contributed by atoms with E-state index in [4.69, 9.17) is 10.5 Å². The van der Waals surface area contributed by atoms with Gasteiger partial charge in [-0.3, -0.25) is 14.4 Å². The van der Waals surface area contributed by atoms with Crippen LogP contribution in [0.15, 0.2) is 17.8 Å². The van der Waals surface area contributed by atoms with Gasteiger partial charge in [0.05, 0.1) is 24.7 Å². The van der Waals surface area contributed by atoms with Crippen LogP contribution in [0.3, 0.4) is 0 Å². The van der Waals surface area contributed by atoms with Gasteiger partial charge in [-0.25, -0.2) is 18.7 Å². The van der Waals surface area contributed by atoms with Gasteiger partial charge in [-0.15, -0.1) is 0 Å². The number of morpholine rings is 1. The van der Waals surface area contributed by atoms with Crippen LogP contribution in [0, 0.1) is 5.92 Å². The van der Waals surface area contributed by atoms with Gasteiger partial charge in [0.25, 0.3) is 6.43 Å². The second-order valence-electron chi connectivity index (χ2n) is 11.9. The average molecular weight is 643 g/mol. The summed E-state index contributed by atoms with van der Waals surface area (Å²) >= 11 is 0. The molecule has 0 aliphatic carbocycles. The van der Waals surface area contributed by atoms with Gasteiger partial charge in [0.2, 0.25) is 29.7 Å². The molecule has 14 nitrogen and oxygen atoms in total. The number of likely N-dealkylation sites (tertiary alicyclic amines) is 1. The van der Waals surface area contributed by atoms with E-state index in [1.54, 1.807) is 15.9 Å². The molecule has 3 aliphatic rings. The molecular weight excluding hydrogens is 602 g/mol. The first-order valence-electron chi connectivity index (χ1n) is 15.6. The standard InChI is InChI=1S/C30H40F2N10O4/c1-19(2)16-21(43)4-3-5-23(44)42-7-6-20(18-42)27(45)39-8-10-40(11-9-39)29-36-26(22-17-34-28(33)35-24(22)25(31)32)37-30(38-29)41-12-14-46-15-13-41/h16-17,20,25H,3-15,18H2,1-2H3,(H2,33,34,35)/t20-/m1/s1. The maximum Gasteiger partial charge on any atom is 0.281 e. The third-order valence-electron chi connectivity index (χ3n) is 8.22. The van der Waals surface area contributed by atoms with Crippen LogP contribution in [0.1, 0.15) is 51.7 Å². The minimum Gasteiger partial charge on any atom is -0.378 e. The number of alkyl halides is 2. The van der Waals surface area contributed by atoms with Gasteiger partial charge in [-0.05, 0) is 32.8 Å². The Morgan fingerprint density at radius 3 is 2.26 bits per heavy atom. The van der Waals surface area contributed by atoms with E-state index in [2.05, 4.69) is 24.9 Å². The Kier molecular flexibility index (Phi) is 10.7. The fourth-order valence-corrected chi connectivity index (χ4v) is 5.81. The number of nitrogen functional groups attached to an aromatic ring is 1. The minimum absolute atomic E-state index is 0.000347. The molecule has 3 fully saturated rings. The number of allylic oxidation sites excluding steroid dienone is 2. The number of ketones is 1. The number of halogens is 2. The maximum absolute atomic E-state index is 13.9. The van der Waals surface area contributed by atoms with Gasteiger partial charge < -0.3 is 30.1 Å². The van der Waals surface area contributed by atoms with Crippen LogP contribution >= 0.6 is 0 Å². The molecule has 46 heavy (non-hydrogen) atoms. The van der Waals surface area contributed by atoms with Crippen LogP contribution in [0.4, 0.5) is 26.6 Å². The minimum atomic E-state index is -2.92. The predicted octanol–water partition coefficient (Wildman–Crippen LogP) is 1.89. The van der Waals surface area contributed by atoms with E-state index in [0.717, 1.165) is 5.57 Å². The first-order chi connectivity index (χ1) is 22.1. The third-order valence-corrected chi connectivity index (χ3v) is 8.22. The van der Waals surface area contributed by atoms with Crippen molar-refractivity contribution in [3.05, 3.63) is 23.5 Å². The summed E-state index contributed by atoms with van der Waals surface area (Å²) in [4.78, 5) is 66.7. The Morgan fingerprint density at radius 1 is 0.935 bits per heavy atom. The number of piperazine rings is 1. The van der Waals surface area contributed by atoms with Crippen molar-refractivity contribution in [2.45, 2.75) is 46.0 Å². The number of aromatic nitrogens is 5. The number of hydrogen-bond donors (Lipinski definition) is 1. The number of hydrogen-bond acceptors (Lipinski definition) is 12. The van der Waals surface area contributed by atoms with Crippen LogP contribution in [0.2, 0.25) is 0 Å². The van der Waals surface area contributed by atoms with Gasteiger partial charge in [0.1, 0.15) is 5.69 Å². The van der Waals surface area contributed by atoms with Gasteiger partial charge in [0, 0.05) is 71.4 Å². The van der Waals surface area contributed by atoms with Gasteiger partial charge in [0.15, 0.2) is 11.6 Å². The molecule has 5 rings (SSSR count). The lowest BCUT2D eigenvalue weighted by Crippen LogP contribution is -2.51. The van der Waals surface area contributed by atoms with Crippen molar-refractivity contribution < 1.29 is 27.9 Å². The zero-order valence-electron chi connectivity index (χ0n) is 26.2. The van der Waals surface area contributed by atoms with E-state index in [-0.39, 0.29) is 47.3 Å². The molecule has 3 saturated heterocycles. The SMILES string of the molecule is CC(C)=CC(=O)CCCC(=O)N1CC[C@@H](C(=O)N2CCN(c3nc(-c4cnc(N)nc4C(F)F)nc(N4CCOCC4)n3)CC2)C1. The zero-order chi connectivity index (χ0) is 32.8. The summed E-state index contributed by atoms with van der Waals surface area (Å²) in [6.45, 7) is 8.30. The Labute approximate surface area is 266 Å². The Hall–Kier alpha value is -4.34. The third kappa shape index (κ3) is 8.08. The molecule has 2 aromatic rings. The highest BCUT2D eigenvalue weighted by atomic mass is 19.3. The van der Waals surface area contributed by atoms with E-state index >= 15 is 0 Å². The molecule has 16 heteroatoms. The first-order valence-corrected chi connectivity index (χ1v) is 15.6. The van der Waals surface area contributed by atoms with Crippen LogP contribution in [-0.4, -0.2) is 118 Å². The fourth-order valence-electron chi connectivity index (χ4n) is 5.81. The molecule has 3 aliphatic heterocycles. The molecule has 0 unspecified atom stereocenters. The van der Waals surface area contributed by atoms with Crippen LogP contribution in [0.25, 0.3) is 11.4 Å². The number of anilines is 3. The topological polar surface area (TPSA) is 164 Å². The molecule has 2 amide bonds. The molecule has 5 heterocycles. The van der Waals surface area contributed by atoms with Crippen LogP contribution in [0.5, 0.6) is 0 Å². The number of carbonyl (C=O) groups is 3. The Morgan fingerprint density at radius 2 is 1.61 bits per heavy atom. The van der Waals surface area contributed by atoms with Crippen molar-refractivity contribution in [3.8, 4) is 11.4 Å². The number of ether oxygens (including phenoxy) is 1. The highest BCUT2D eigenvalue weighted by Crippen LogP contribution is 2.30. The van der Waals surface area contributed by atoms with Crippen molar-refractivity contribution in [1.82, 2.24) is 34.7 Å². The number of rotatable bonds is 10. The summed E-state index contributed by atoms with van der Waals surface area (Å²) in [6.07, 6.45) is 1.56. The predicted molar refractivity (Wildman–Crippen MR) is 165 cm³/mol. The lowest BCUT2D eigenvalue weighted by atomic mass is 10.1. The second kappa shape index (κ2) is 14.8. The highest BCUT2D eigenvalue weighted by Gasteiger charge is 2.35. The van der Waals surface area contributed by atoms with E-state index < -0.39 is 12.1 Å². The summed E-state index contributed by atoms with van der Waals surface area (Å²) in [5.74, 6) is 0.0727. The van der Waals surface area contributed by atoms with Crippen molar-refractivity contribution in [3.63, 3.8) is 0 Å². The molecule has 0 spiro atoms. The van der Waals surface area contributed by atoms with Gasteiger partial charge in [-0.1, -0.05) is 5.57 Å². The number of amides is 2. The maximum atomic E-state index is 13.9. The van der Waals surface area contributed by atoms with Gasteiger partial charge in [-0.2, -0.15) is 15.0 Å². The molecule has 2 aromatic heterocycles. The van der Waals surface area contributed by atoms with Crippen molar-refractivity contribution in [2.75, 3.05) is 81.1 Å². The fraction of sp³-hybridized carbons (Fsp3) is 0.600. The lowest BCUT2D eigenvalue weighted by molar-refractivity contribution is -0.136. The smallest absolute Gasteiger partial charge is 0.281 e. The van der Waals surface area contributed by atoms with Crippen LogP contribution < -0.4 is 15.5 Å². The summed E-state index contributed by atoms with van der Waals surface area (Å²) in [7, 11) is 0. The Bertz CT molecular complexity index is 1460. The quantitative estimate of drug-likeness (QED) is 0.375. The van der Waals surface area contributed by atoms with E-state index in [1.165, 1.54) is 6.20 Å². The molecule has 1 atom stereocenters. The molecule has 0 radical (unpaired) electrons.